The Bertz CT molecular complexity index is 1080. The monoisotopic (exact) mass is 370 g/mol. The first-order chi connectivity index (χ1) is 13.8. The van der Waals surface area contributed by atoms with Crippen molar-refractivity contribution in [1.29, 1.82) is 0 Å². The fraction of sp³-hybridized carbons (Fsp3) is 0.217. The number of carbonyl (C=O) groups excluding carboxylic acids is 1. The molecule has 1 amide bonds. The van der Waals surface area contributed by atoms with Gasteiger partial charge in [-0.15, -0.1) is 0 Å². The Morgan fingerprint density at radius 1 is 1.04 bits per heavy atom. The first kappa shape index (κ1) is 16.8. The Kier molecular flexibility index (Phi) is 4.20. The second kappa shape index (κ2) is 7.00. The van der Waals surface area contributed by atoms with Crippen molar-refractivity contribution in [3.8, 4) is 5.69 Å². The summed E-state index contributed by atoms with van der Waals surface area (Å²) < 4.78 is 2.02. The molecule has 5 rings (SSSR count). The summed E-state index contributed by atoms with van der Waals surface area (Å²) in [4.78, 5) is 23.3. The number of aromatic nitrogens is 3. The van der Waals surface area contributed by atoms with E-state index < -0.39 is 0 Å². The zero-order chi connectivity index (χ0) is 18.9. The van der Waals surface area contributed by atoms with E-state index in [2.05, 4.69) is 4.98 Å². The quantitative estimate of drug-likeness (QED) is 0.582. The maximum atomic E-state index is 13.2. The number of piperidine rings is 1. The number of carbonyl (C=O) groups is 1. The molecule has 0 radical (unpaired) electrons. The second-order valence-corrected chi connectivity index (χ2v) is 7.37. The van der Waals surface area contributed by atoms with Gasteiger partial charge in [-0.1, -0.05) is 18.2 Å². The smallest absolute Gasteiger partial charge is 0.253 e. The van der Waals surface area contributed by atoms with E-state index in [4.69, 9.17) is 4.98 Å². The van der Waals surface area contributed by atoms with Crippen LogP contribution in [0.2, 0.25) is 0 Å². The van der Waals surface area contributed by atoms with Crippen molar-refractivity contribution >= 4 is 16.9 Å². The van der Waals surface area contributed by atoms with Gasteiger partial charge in [0.25, 0.3) is 5.91 Å². The summed E-state index contributed by atoms with van der Waals surface area (Å²) in [7, 11) is 0. The molecule has 28 heavy (non-hydrogen) atoms. The van der Waals surface area contributed by atoms with Crippen LogP contribution >= 0.6 is 0 Å². The van der Waals surface area contributed by atoms with E-state index in [9.17, 15) is 4.79 Å². The normalized spacial score (nSPS) is 17.1. The highest BCUT2D eigenvalue weighted by atomic mass is 16.2. The van der Waals surface area contributed by atoms with Crippen LogP contribution in [0.4, 0.5) is 0 Å². The van der Waals surface area contributed by atoms with Gasteiger partial charge in [-0.2, -0.15) is 0 Å². The average molecular weight is 370 g/mol. The van der Waals surface area contributed by atoms with Crippen molar-refractivity contribution in [3.05, 3.63) is 84.4 Å². The molecule has 0 spiro atoms. The lowest BCUT2D eigenvalue weighted by Gasteiger charge is -2.32. The summed E-state index contributed by atoms with van der Waals surface area (Å²) in [5.74, 6) is 1.33. The molecular weight excluding hydrogens is 348 g/mol. The molecule has 1 saturated heterocycles. The van der Waals surface area contributed by atoms with Gasteiger partial charge in [-0.25, -0.2) is 4.98 Å². The molecule has 5 heteroatoms. The highest BCUT2D eigenvalue weighted by Gasteiger charge is 2.27. The van der Waals surface area contributed by atoms with E-state index in [1.807, 2.05) is 82.5 Å². The van der Waals surface area contributed by atoms with E-state index in [1.54, 1.807) is 0 Å². The summed E-state index contributed by atoms with van der Waals surface area (Å²) in [5, 5.41) is 0. The molecule has 3 heterocycles. The Morgan fingerprint density at radius 3 is 2.75 bits per heavy atom. The molecule has 0 bridgehead atoms. The van der Waals surface area contributed by atoms with Gasteiger partial charge in [0.15, 0.2) is 0 Å². The van der Waals surface area contributed by atoms with Crippen molar-refractivity contribution in [2.45, 2.75) is 18.8 Å². The summed E-state index contributed by atoms with van der Waals surface area (Å²) in [5.41, 5.74) is 3.78. The van der Waals surface area contributed by atoms with Crippen LogP contribution in [-0.2, 0) is 0 Å². The van der Waals surface area contributed by atoms with Crippen LogP contribution in [0.25, 0.3) is 16.7 Å². The summed E-state index contributed by atoms with van der Waals surface area (Å²) in [6.07, 6.45) is 6.02. The molecule has 1 unspecified atom stereocenters. The van der Waals surface area contributed by atoms with Gasteiger partial charge < -0.3 is 14.5 Å². The number of benzene rings is 2. The van der Waals surface area contributed by atoms with Crippen molar-refractivity contribution in [2.75, 3.05) is 13.1 Å². The number of nitrogens with one attached hydrogen (secondary N) is 1. The molecule has 0 saturated carbocycles. The molecule has 2 aromatic carbocycles. The van der Waals surface area contributed by atoms with Crippen LogP contribution in [0.5, 0.6) is 0 Å². The molecule has 1 N–H and O–H groups in total. The molecule has 0 aliphatic carbocycles. The van der Waals surface area contributed by atoms with Crippen molar-refractivity contribution < 1.29 is 4.79 Å². The number of hydrogen-bond donors (Lipinski definition) is 1. The van der Waals surface area contributed by atoms with Crippen molar-refractivity contribution in [2.24, 2.45) is 0 Å². The second-order valence-electron chi connectivity index (χ2n) is 7.37. The third kappa shape index (κ3) is 3.09. The summed E-state index contributed by atoms with van der Waals surface area (Å²) in [6.45, 7) is 1.50. The Morgan fingerprint density at radius 2 is 1.89 bits per heavy atom. The number of aromatic amines is 1. The lowest BCUT2D eigenvalue weighted by atomic mass is 9.96. The fourth-order valence-corrected chi connectivity index (χ4v) is 4.04. The number of hydrogen-bond acceptors (Lipinski definition) is 2. The minimum atomic E-state index is 0.0924. The van der Waals surface area contributed by atoms with Crippen LogP contribution in [0.1, 0.15) is 34.9 Å². The van der Waals surface area contributed by atoms with Crippen LogP contribution in [-0.4, -0.2) is 38.4 Å². The van der Waals surface area contributed by atoms with Crippen LogP contribution in [0.15, 0.2) is 73.1 Å². The number of imidazole rings is 1. The van der Waals surface area contributed by atoms with Crippen molar-refractivity contribution in [3.63, 3.8) is 0 Å². The van der Waals surface area contributed by atoms with Crippen LogP contribution in [0.3, 0.4) is 0 Å². The van der Waals surface area contributed by atoms with E-state index in [0.29, 0.717) is 6.54 Å². The Balaban J connectivity index is 1.37. The molecule has 4 aromatic rings. The molecule has 5 nitrogen and oxygen atoms in total. The molecular formula is C23H22N4O. The molecule has 1 fully saturated rings. The Labute approximate surface area is 163 Å². The number of likely N-dealkylation sites (tertiary alicyclic amines) is 1. The zero-order valence-electron chi connectivity index (χ0n) is 15.6. The third-order valence-electron chi connectivity index (χ3n) is 5.50. The van der Waals surface area contributed by atoms with Gasteiger partial charge in [-0.3, -0.25) is 4.79 Å². The van der Waals surface area contributed by atoms with Crippen molar-refractivity contribution in [1.82, 2.24) is 19.4 Å². The van der Waals surface area contributed by atoms with Crippen LogP contribution in [0, 0.1) is 0 Å². The van der Waals surface area contributed by atoms with Gasteiger partial charge in [0.2, 0.25) is 0 Å². The predicted octanol–water partition coefficient (Wildman–Crippen LogP) is 4.37. The van der Waals surface area contributed by atoms with Gasteiger partial charge in [-0.05, 0) is 55.3 Å². The van der Waals surface area contributed by atoms with E-state index in [-0.39, 0.29) is 11.8 Å². The molecule has 1 aliphatic heterocycles. The number of amides is 1. The lowest BCUT2D eigenvalue weighted by molar-refractivity contribution is 0.0705. The van der Waals surface area contributed by atoms with E-state index in [1.165, 1.54) is 0 Å². The molecule has 1 atom stereocenters. The molecule has 1 aliphatic rings. The van der Waals surface area contributed by atoms with Crippen LogP contribution < -0.4 is 0 Å². The zero-order valence-corrected chi connectivity index (χ0v) is 15.6. The molecule has 2 aromatic heterocycles. The topological polar surface area (TPSA) is 53.9 Å². The lowest BCUT2D eigenvalue weighted by Crippen LogP contribution is -2.39. The maximum absolute atomic E-state index is 13.2. The summed E-state index contributed by atoms with van der Waals surface area (Å²) >= 11 is 0. The standard InChI is InChI=1S/C23H22N4O/c28-23(17-7-5-9-19(15-17)26-12-3-4-13-26)27-14-6-8-18(16-27)22-24-20-10-1-2-11-21(20)25-22/h1-5,7,9-13,15,18H,6,8,14,16H2,(H,24,25). The third-order valence-corrected chi connectivity index (χ3v) is 5.50. The maximum Gasteiger partial charge on any atom is 0.253 e. The first-order valence-corrected chi connectivity index (χ1v) is 9.75. The minimum absolute atomic E-state index is 0.0924. The number of para-hydroxylation sites is 2. The average Bonchev–Trinajstić information content (AvgIpc) is 3.43. The largest absolute Gasteiger partial charge is 0.342 e. The number of nitrogens with zero attached hydrogens (tertiary/aromatic N) is 3. The van der Waals surface area contributed by atoms with E-state index in [0.717, 1.165) is 47.5 Å². The van der Waals surface area contributed by atoms with E-state index >= 15 is 0 Å². The Hall–Kier alpha value is -3.34. The SMILES string of the molecule is O=C(c1cccc(-n2cccc2)c1)N1CCCC(c2nc3ccccc3[nH]2)C1. The van der Waals surface area contributed by atoms with Gasteiger partial charge >= 0.3 is 0 Å². The number of fused-ring (bicyclic) bond motifs is 1. The highest BCUT2D eigenvalue weighted by molar-refractivity contribution is 5.95. The number of rotatable bonds is 3. The van der Waals surface area contributed by atoms with Gasteiger partial charge in [0.1, 0.15) is 5.82 Å². The fourth-order valence-electron chi connectivity index (χ4n) is 4.04. The van der Waals surface area contributed by atoms with Gasteiger partial charge in [0, 0.05) is 42.7 Å². The first-order valence-electron chi connectivity index (χ1n) is 9.75. The summed E-state index contributed by atoms with van der Waals surface area (Å²) in [6, 6.07) is 19.9. The molecule has 140 valence electrons. The predicted molar refractivity (Wildman–Crippen MR) is 110 cm³/mol. The highest BCUT2D eigenvalue weighted by Crippen LogP contribution is 2.28. The number of H-pyrrole nitrogens is 1. The van der Waals surface area contributed by atoms with Gasteiger partial charge in [0.05, 0.1) is 11.0 Å². The minimum Gasteiger partial charge on any atom is -0.342 e.